The van der Waals surface area contributed by atoms with Gasteiger partial charge in [0.25, 0.3) is 0 Å². The van der Waals surface area contributed by atoms with Gasteiger partial charge < -0.3 is 0 Å². The zero-order valence-electron chi connectivity index (χ0n) is 12.4. The normalized spacial score (nSPS) is 26.4. The molecule has 1 aliphatic rings. The Labute approximate surface area is 125 Å². The molecule has 1 aromatic rings. The smallest absolute Gasteiger partial charge is 0.187 e. The number of aromatic nitrogens is 2. The molecule has 0 bridgehead atoms. The molecule has 1 heterocycles. The molecule has 0 spiro atoms. The summed E-state index contributed by atoms with van der Waals surface area (Å²) in [5.41, 5.74) is 0.695. The van der Waals surface area contributed by atoms with Crippen LogP contribution in [0.25, 0.3) is 0 Å². The molecule has 2 atom stereocenters. The van der Waals surface area contributed by atoms with E-state index >= 15 is 0 Å². The lowest BCUT2D eigenvalue weighted by molar-refractivity contribution is 0.284. The van der Waals surface area contributed by atoms with Crippen LogP contribution in [0.4, 0.5) is 0 Å². The first-order valence-electron chi connectivity index (χ1n) is 7.17. The average Bonchev–Trinajstić information content (AvgIpc) is 2.41. The van der Waals surface area contributed by atoms with Crippen molar-refractivity contribution in [3.8, 4) is 6.07 Å². The Morgan fingerprint density at radius 1 is 1.45 bits per heavy atom. The highest BCUT2D eigenvalue weighted by Crippen LogP contribution is 2.37. The van der Waals surface area contributed by atoms with Crippen LogP contribution in [-0.4, -0.2) is 26.8 Å². The van der Waals surface area contributed by atoms with E-state index in [1.807, 2.05) is 19.3 Å². The molecule has 108 valence electrons. The lowest BCUT2D eigenvalue weighted by Gasteiger charge is -2.37. The van der Waals surface area contributed by atoms with Gasteiger partial charge in [-0.25, -0.2) is 9.97 Å². The number of thioether (sulfide) groups is 1. The quantitative estimate of drug-likeness (QED) is 0.863. The zero-order valence-corrected chi connectivity index (χ0v) is 13.2. The van der Waals surface area contributed by atoms with Crippen LogP contribution in [0.2, 0.25) is 0 Å². The fourth-order valence-corrected chi connectivity index (χ4v) is 3.91. The number of aryl methyl sites for hydroxylation is 1. The van der Waals surface area contributed by atoms with Gasteiger partial charge in [-0.15, -0.1) is 0 Å². The average molecular weight is 290 g/mol. The molecule has 1 aliphatic carbocycles. The van der Waals surface area contributed by atoms with Crippen molar-refractivity contribution in [1.29, 1.82) is 5.26 Å². The highest BCUT2D eigenvalue weighted by molar-refractivity contribution is 7.99. The van der Waals surface area contributed by atoms with Gasteiger partial charge in [0, 0.05) is 23.7 Å². The van der Waals surface area contributed by atoms with E-state index in [-0.39, 0.29) is 5.54 Å². The molecule has 5 heteroatoms. The maximum atomic E-state index is 9.56. The van der Waals surface area contributed by atoms with E-state index in [4.69, 9.17) is 0 Å². The van der Waals surface area contributed by atoms with Crippen LogP contribution < -0.4 is 5.32 Å². The molecule has 1 saturated carbocycles. The van der Waals surface area contributed by atoms with Gasteiger partial charge in [-0.3, -0.25) is 5.32 Å². The number of nitrogens with one attached hydrogen (secondary N) is 1. The minimum Gasteiger partial charge on any atom is -0.297 e. The lowest BCUT2D eigenvalue weighted by Crippen LogP contribution is -2.51. The van der Waals surface area contributed by atoms with Gasteiger partial charge in [-0.05, 0) is 52.0 Å². The maximum absolute atomic E-state index is 9.56. The van der Waals surface area contributed by atoms with E-state index in [0.717, 1.165) is 36.4 Å². The molecule has 1 N–H and O–H groups in total. The summed E-state index contributed by atoms with van der Waals surface area (Å²) in [6.07, 6.45) is 7.71. The Hall–Kier alpha value is -1.12. The fourth-order valence-electron chi connectivity index (χ4n) is 2.73. The summed E-state index contributed by atoms with van der Waals surface area (Å²) < 4.78 is 0. The van der Waals surface area contributed by atoms with Crippen molar-refractivity contribution >= 4 is 11.8 Å². The van der Waals surface area contributed by atoms with Gasteiger partial charge in [0.15, 0.2) is 5.16 Å². The third-order valence-electron chi connectivity index (χ3n) is 3.51. The summed E-state index contributed by atoms with van der Waals surface area (Å²) in [5.74, 6) is 0. The van der Waals surface area contributed by atoms with E-state index in [0.29, 0.717) is 11.3 Å². The Kier molecular flexibility index (Phi) is 5.00. The van der Waals surface area contributed by atoms with E-state index in [9.17, 15) is 5.26 Å². The summed E-state index contributed by atoms with van der Waals surface area (Å²) >= 11 is 1.70. The van der Waals surface area contributed by atoms with E-state index in [1.165, 1.54) is 0 Å². The van der Waals surface area contributed by atoms with Crippen LogP contribution >= 0.6 is 11.8 Å². The highest BCUT2D eigenvalue weighted by Gasteiger charge is 2.37. The van der Waals surface area contributed by atoms with Gasteiger partial charge in [0.05, 0.1) is 6.07 Å². The van der Waals surface area contributed by atoms with Gasteiger partial charge in [0.2, 0.25) is 0 Å². The van der Waals surface area contributed by atoms with Crippen molar-refractivity contribution in [2.75, 3.05) is 0 Å². The SMILES string of the molecule is Cc1cnc(SC2CCCC(C#N)(NC(C)C)C2)nc1. The first kappa shape index (κ1) is 15.3. The van der Waals surface area contributed by atoms with Gasteiger partial charge in [0.1, 0.15) is 5.54 Å². The molecule has 1 fully saturated rings. The number of hydrogen-bond acceptors (Lipinski definition) is 5. The second-order valence-electron chi connectivity index (χ2n) is 5.87. The topological polar surface area (TPSA) is 61.6 Å². The number of nitrogens with zero attached hydrogens (tertiary/aromatic N) is 3. The first-order chi connectivity index (χ1) is 9.53. The predicted molar refractivity (Wildman–Crippen MR) is 81.5 cm³/mol. The van der Waals surface area contributed by atoms with Crippen LogP contribution in [0.3, 0.4) is 0 Å². The molecule has 2 rings (SSSR count). The monoisotopic (exact) mass is 290 g/mol. The molecule has 0 amide bonds. The minimum absolute atomic E-state index is 0.328. The molecule has 20 heavy (non-hydrogen) atoms. The van der Waals surface area contributed by atoms with Crippen LogP contribution in [0, 0.1) is 18.3 Å². The summed E-state index contributed by atoms with van der Waals surface area (Å²) in [5, 5.41) is 14.2. The largest absolute Gasteiger partial charge is 0.297 e. The van der Waals surface area contributed by atoms with Crippen LogP contribution in [0.1, 0.15) is 45.1 Å². The van der Waals surface area contributed by atoms with Gasteiger partial charge >= 0.3 is 0 Å². The van der Waals surface area contributed by atoms with Crippen LogP contribution in [-0.2, 0) is 0 Å². The van der Waals surface area contributed by atoms with E-state index < -0.39 is 0 Å². The predicted octanol–water partition coefficient (Wildman–Crippen LogP) is 3.08. The van der Waals surface area contributed by atoms with Crippen molar-refractivity contribution in [3.63, 3.8) is 0 Å². The van der Waals surface area contributed by atoms with Crippen molar-refractivity contribution < 1.29 is 0 Å². The summed E-state index contributed by atoms with van der Waals surface area (Å²) in [4.78, 5) is 8.71. The zero-order chi connectivity index (χ0) is 14.6. The van der Waals surface area contributed by atoms with Crippen LogP contribution in [0.15, 0.2) is 17.6 Å². The fraction of sp³-hybridized carbons (Fsp3) is 0.667. The molecule has 4 nitrogen and oxygen atoms in total. The summed E-state index contributed by atoms with van der Waals surface area (Å²) in [6, 6.07) is 2.84. The molecule has 0 aliphatic heterocycles. The molecule has 1 aromatic heterocycles. The lowest BCUT2D eigenvalue weighted by atomic mass is 9.82. The molecule has 0 aromatic carbocycles. The van der Waals surface area contributed by atoms with E-state index in [1.54, 1.807) is 11.8 Å². The summed E-state index contributed by atoms with van der Waals surface area (Å²) in [6.45, 7) is 6.18. The van der Waals surface area contributed by atoms with Gasteiger partial charge in [-0.1, -0.05) is 11.8 Å². The van der Waals surface area contributed by atoms with Crippen molar-refractivity contribution in [2.45, 2.75) is 68.4 Å². The van der Waals surface area contributed by atoms with E-state index in [2.05, 4.69) is 35.2 Å². The highest BCUT2D eigenvalue weighted by atomic mass is 32.2. The van der Waals surface area contributed by atoms with Crippen molar-refractivity contribution in [2.24, 2.45) is 0 Å². The number of rotatable bonds is 4. The Morgan fingerprint density at radius 3 is 2.75 bits per heavy atom. The summed E-state index contributed by atoms with van der Waals surface area (Å²) in [7, 11) is 0. The van der Waals surface area contributed by atoms with Crippen LogP contribution in [0.5, 0.6) is 0 Å². The number of hydrogen-bond donors (Lipinski definition) is 1. The third-order valence-corrected chi connectivity index (χ3v) is 4.67. The standard InChI is InChI=1S/C15H22N4S/c1-11(2)19-15(10-16)6-4-5-13(7-15)20-14-17-8-12(3)9-18-14/h8-9,11,13,19H,4-7H2,1-3H3. The second kappa shape index (κ2) is 6.55. The van der Waals surface area contributed by atoms with Gasteiger partial charge in [-0.2, -0.15) is 5.26 Å². The van der Waals surface area contributed by atoms with Crippen molar-refractivity contribution in [3.05, 3.63) is 18.0 Å². The second-order valence-corrected chi connectivity index (χ2v) is 7.14. The Morgan fingerprint density at radius 2 is 2.15 bits per heavy atom. The maximum Gasteiger partial charge on any atom is 0.187 e. The first-order valence-corrected chi connectivity index (χ1v) is 8.05. The van der Waals surface area contributed by atoms with Crippen molar-refractivity contribution in [1.82, 2.24) is 15.3 Å². The molecule has 0 saturated heterocycles. The molecule has 0 radical (unpaired) electrons. The Balaban J connectivity index is 2.03. The molecule has 2 unspecified atom stereocenters. The third kappa shape index (κ3) is 3.94. The Bertz CT molecular complexity index is 480. The molecular formula is C15H22N4S. The number of nitriles is 1. The minimum atomic E-state index is -0.380. The molecular weight excluding hydrogens is 268 g/mol.